The van der Waals surface area contributed by atoms with Crippen LogP contribution in [0.25, 0.3) is 22.5 Å². The molecular formula is C24H28N4O3. The Kier molecular flexibility index (Phi) is 6.94. The summed E-state index contributed by atoms with van der Waals surface area (Å²) in [4.78, 5) is 16.5. The van der Waals surface area contributed by atoms with Crippen LogP contribution in [-0.4, -0.2) is 47.0 Å². The summed E-state index contributed by atoms with van der Waals surface area (Å²) in [6.07, 6.45) is 7.23. The first-order valence-electron chi connectivity index (χ1n) is 10.7. The van der Waals surface area contributed by atoms with Gasteiger partial charge in [-0.05, 0) is 61.7 Å². The van der Waals surface area contributed by atoms with Crippen molar-refractivity contribution in [3.63, 3.8) is 0 Å². The molecule has 1 atom stereocenters. The number of rotatable bonds is 8. The molecule has 7 nitrogen and oxygen atoms in total. The zero-order valence-electron chi connectivity index (χ0n) is 17.8. The van der Waals surface area contributed by atoms with Crippen molar-refractivity contribution in [3.05, 3.63) is 54.9 Å². The Labute approximate surface area is 182 Å². The molecule has 0 unspecified atom stereocenters. The summed E-state index contributed by atoms with van der Waals surface area (Å²) in [5.74, 6) is 0.831. The van der Waals surface area contributed by atoms with E-state index in [4.69, 9.17) is 14.6 Å². The van der Waals surface area contributed by atoms with Gasteiger partial charge in [0.2, 0.25) is 5.91 Å². The zero-order chi connectivity index (χ0) is 21.5. The van der Waals surface area contributed by atoms with Gasteiger partial charge in [-0.25, -0.2) is 0 Å². The molecule has 0 radical (unpaired) electrons. The maximum Gasteiger partial charge on any atom is 0.222 e. The predicted octanol–water partition coefficient (Wildman–Crippen LogP) is 3.70. The number of carbonyl (C=O) groups is 1. The van der Waals surface area contributed by atoms with E-state index in [0.717, 1.165) is 54.1 Å². The number of nitrogens with one attached hydrogen (secondary N) is 1. The monoisotopic (exact) mass is 420 g/mol. The molecule has 3 heterocycles. The van der Waals surface area contributed by atoms with Crippen LogP contribution in [0, 0.1) is 0 Å². The number of hydrogen-bond acceptors (Lipinski definition) is 5. The Morgan fingerprint density at radius 3 is 2.81 bits per heavy atom. The summed E-state index contributed by atoms with van der Waals surface area (Å²) < 4.78 is 12.8. The average Bonchev–Trinajstić information content (AvgIpc) is 3.24. The summed E-state index contributed by atoms with van der Waals surface area (Å²) in [5, 5.41) is 7.81. The first-order valence-corrected chi connectivity index (χ1v) is 10.7. The second kappa shape index (κ2) is 10.2. The third-order valence-corrected chi connectivity index (χ3v) is 5.46. The Morgan fingerprint density at radius 1 is 1.23 bits per heavy atom. The largest absolute Gasteiger partial charge is 0.497 e. The SMILES string of the molecule is COc1ccc(-c2cc(-c3cccnc3)n(CCNC(=O)C[C@H]3CCCCO3)n2)cc1. The zero-order valence-corrected chi connectivity index (χ0v) is 17.8. The standard InChI is InChI=1S/C24H28N4O3/c1-30-20-9-7-18(8-10-20)22-16-23(19-5-4-11-25-17-19)28(27-22)13-12-26-24(29)15-21-6-2-3-14-31-21/h4-5,7-11,16-17,21H,2-3,6,12-15H2,1H3,(H,26,29)/t21-/m1/s1. The van der Waals surface area contributed by atoms with Gasteiger partial charge in [0.1, 0.15) is 5.75 Å². The lowest BCUT2D eigenvalue weighted by atomic mass is 10.1. The lowest BCUT2D eigenvalue weighted by Crippen LogP contribution is -2.32. The van der Waals surface area contributed by atoms with Gasteiger partial charge in [0, 0.05) is 36.7 Å². The van der Waals surface area contributed by atoms with Crippen LogP contribution in [0.5, 0.6) is 5.75 Å². The summed E-state index contributed by atoms with van der Waals surface area (Å²) >= 11 is 0. The van der Waals surface area contributed by atoms with Gasteiger partial charge in [-0.15, -0.1) is 0 Å². The molecule has 1 N–H and O–H groups in total. The molecule has 4 rings (SSSR count). The van der Waals surface area contributed by atoms with Crippen molar-refractivity contribution in [3.8, 4) is 28.3 Å². The number of methoxy groups -OCH3 is 1. The number of hydrogen-bond donors (Lipinski definition) is 1. The highest BCUT2D eigenvalue weighted by molar-refractivity contribution is 5.76. The molecule has 162 valence electrons. The predicted molar refractivity (Wildman–Crippen MR) is 119 cm³/mol. The van der Waals surface area contributed by atoms with Crippen LogP contribution in [0.3, 0.4) is 0 Å². The number of benzene rings is 1. The highest BCUT2D eigenvalue weighted by Crippen LogP contribution is 2.27. The molecule has 1 aliphatic heterocycles. The Balaban J connectivity index is 1.46. The van der Waals surface area contributed by atoms with Crippen LogP contribution in [0.15, 0.2) is 54.9 Å². The van der Waals surface area contributed by atoms with Crippen LogP contribution >= 0.6 is 0 Å². The van der Waals surface area contributed by atoms with Gasteiger partial charge < -0.3 is 14.8 Å². The van der Waals surface area contributed by atoms with Crippen molar-refractivity contribution in [2.45, 2.75) is 38.3 Å². The number of ether oxygens (including phenoxy) is 2. The van der Waals surface area contributed by atoms with Crippen molar-refractivity contribution in [2.75, 3.05) is 20.3 Å². The fourth-order valence-corrected chi connectivity index (χ4v) is 3.79. The molecule has 0 spiro atoms. The van der Waals surface area contributed by atoms with Crippen LogP contribution in [0.4, 0.5) is 0 Å². The van der Waals surface area contributed by atoms with E-state index in [0.29, 0.717) is 19.5 Å². The first-order chi connectivity index (χ1) is 15.2. The van der Waals surface area contributed by atoms with Crippen LogP contribution < -0.4 is 10.1 Å². The molecular weight excluding hydrogens is 392 g/mol. The molecule has 2 aromatic heterocycles. The number of aromatic nitrogens is 3. The van der Waals surface area contributed by atoms with E-state index in [1.54, 1.807) is 13.3 Å². The third-order valence-electron chi connectivity index (χ3n) is 5.46. The summed E-state index contributed by atoms with van der Waals surface area (Å²) in [7, 11) is 1.65. The van der Waals surface area contributed by atoms with E-state index in [1.807, 2.05) is 47.3 Å². The van der Waals surface area contributed by atoms with Crippen molar-refractivity contribution in [2.24, 2.45) is 0 Å². The average molecular weight is 421 g/mol. The fourth-order valence-electron chi connectivity index (χ4n) is 3.79. The quantitative estimate of drug-likeness (QED) is 0.601. The fraction of sp³-hybridized carbons (Fsp3) is 0.375. The lowest BCUT2D eigenvalue weighted by Gasteiger charge is -2.21. The second-order valence-corrected chi connectivity index (χ2v) is 7.65. The van der Waals surface area contributed by atoms with E-state index in [-0.39, 0.29) is 12.0 Å². The molecule has 0 bridgehead atoms. The molecule has 1 amide bonds. The Morgan fingerprint density at radius 2 is 2.10 bits per heavy atom. The van der Waals surface area contributed by atoms with Crippen LogP contribution in [0.1, 0.15) is 25.7 Å². The van der Waals surface area contributed by atoms with Gasteiger partial charge in [0.15, 0.2) is 0 Å². The van der Waals surface area contributed by atoms with Crippen molar-refractivity contribution >= 4 is 5.91 Å². The van der Waals surface area contributed by atoms with Crippen molar-refractivity contribution in [1.29, 1.82) is 0 Å². The number of nitrogens with zero attached hydrogens (tertiary/aromatic N) is 3. The Bertz CT molecular complexity index is 980. The van der Waals surface area contributed by atoms with E-state index in [2.05, 4.69) is 16.4 Å². The Hall–Kier alpha value is -3.19. The van der Waals surface area contributed by atoms with E-state index in [9.17, 15) is 4.79 Å². The molecule has 1 fully saturated rings. The summed E-state index contributed by atoms with van der Waals surface area (Å²) in [5.41, 5.74) is 3.81. The minimum atomic E-state index is 0.0253. The van der Waals surface area contributed by atoms with Crippen LogP contribution in [0.2, 0.25) is 0 Å². The van der Waals surface area contributed by atoms with E-state index < -0.39 is 0 Å². The molecule has 0 aliphatic carbocycles. The molecule has 0 saturated carbocycles. The van der Waals surface area contributed by atoms with Crippen molar-refractivity contribution < 1.29 is 14.3 Å². The highest BCUT2D eigenvalue weighted by Gasteiger charge is 2.18. The highest BCUT2D eigenvalue weighted by atomic mass is 16.5. The van der Waals surface area contributed by atoms with Gasteiger partial charge in [-0.2, -0.15) is 5.10 Å². The van der Waals surface area contributed by atoms with Gasteiger partial charge in [-0.1, -0.05) is 0 Å². The van der Waals surface area contributed by atoms with E-state index in [1.165, 1.54) is 0 Å². The molecule has 7 heteroatoms. The summed E-state index contributed by atoms with van der Waals surface area (Å²) in [6.45, 7) is 1.83. The molecule has 1 aromatic carbocycles. The number of pyridine rings is 1. The maximum absolute atomic E-state index is 12.3. The summed E-state index contributed by atoms with van der Waals surface area (Å²) in [6, 6.07) is 13.8. The van der Waals surface area contributed by atoms with Gasteiger partial charge in [-0.3, -0.25) is 14.5 Å². The van der Waals surface area contributed by atoms with Crippen molar-refractivity contribution in [1.82, 2.24) is 20.1 Å². The smallest absolute Gasteiger partial charge is 0.222 e. The first kappa shape index (κ1) is 21.1. The maximum atomic E-state index is 12.3. The normalized spacial score (nSPS) is 16.1. The van der Waals surface area contributed by atoms with Gasteiger partial charge >= 0.3 is 0 Å². The minimum absolute atomic E-state index is 0.0253. The lowest BCUT2D eigenvalue weighted by molar-refractivity contribution is -0.124. The van der Waals surface area contributed by atoms with E-state index >= 15 is 0 Å². The van der Waals surface area contributed by atoms with Gasteiger partial charge in [0.05, 0.1) is 37.6 Å². The van der Waals surface area contributed by atoms with Crippen LogP contribution in [-0.2, 0) is 16.1 Å². The van der Waals surface area contributed by atoms with Gasteiger partial charge in [0.25, 0.3) is 0 Å². The molecule has 1 saturated heterocycles. The number of amides is 1. The minimum Gasteiger partial charge on any atom is -0.497 e. The molecule has 31 heavy (non-hydrogen) atoms. The topological polar surface area (TPSA) is 78.3 Å². The molecule has 1 aliphatic rings. The molecule has 3 aromatic rings. The number of carbonyl (C=O) groups excluding carboxylic acids is 1. The second-order valence-electron chi connectivity index (χ2n) is 7.65. The third kappa shape index (κ3) is 5.49.